The van der Waals surface area contributed by atoms with Crippen LogP contribution in [0.25, 0.3) is 0 Å². The molecular formula is C15H23NO2. The molecule has 0 aliphatic carbocycles. The number of hydrogen-bond acceptors (Lipinski definition) is 3. The molecule has 18 heavy (non-hydrogen) atoms. The predicted octanol–water partition coefficient (Wildman–Crippen LogP) is 2.75. The summed E-state index contributed by atoms with van der Waals surface area (Å²) in [5.41, 5.74) is 2.22. The van der Waals surface area contributed by atoms with Crippen LogP contribution >= 0.6 is 0 Å². The molecule has 0 saturated carbocycles. The average Bonchev–Trinajstić information content (AvgIpc) is 2.63. The Kier molecular flexibility index (Phi) is 4.61. The molecule has 2 rings (SSSR count). The fourth-order valence-electron chi connectivity index (χ4n) is 2.37. The molecule has 3 nitrogen and oxygen atoms in total. The molecule has 0 radical (unpaired) electrons. The van der Waals surface area contributed by atoms with Gasteiger partial charge in [0, 0.05) is 25.4 Å². The third-order valence-electron chi connectivity index (χ3n) is 3.48. The average molecular weight is 249 g/mol. The largest absolute Gasteiger partial charge is 0.388 e. The molecule has 2 atom stereocenters. The molecule has 1 fully saturated rings. The molecule has 1 aromatic rings. The van der Waals surface area contributed by atoms with Gasteiger partial charge in [-0.2, -0.15) is 0 Å². The van der Waals surface area contributed by atoms with Crippen molar-refractivity contribution >= 4 is 5.69 Å². The standard InChI is InChI=1S/C15H23NO2/c1-3-15(17)13-5-7-14(8-6-13)16-9-4-10-18-12(2)11-16/h5-8,12,15,17H,3-4,9-11H2,1-2H3/t12?,15-/m1/s1. The molecule has 0 bridgehead atoms. The van der Waals surface area contributed by atoms with E-state index in [1.807, 2.05) is 19.1 Å². The summed E-state index contributed by atoms with van der Waals surface area (Å²) in [6, 6.07) is 8.26. The summed E-state index contributed by atoms with van der Waals surface area (Å²) in [4.78, 5) is 2.36. The maximum Gasteiger partial charge on any atom is 0.0787 e. The zero-order valence-corrected chi connectivity index (χ0v) is 11.3. The maximum absolute atomic E-state index is 9.78. The van der Waals surface area contributed by atoms with Gasteiger partial charge in [0.2, 0.25) is 0 Å². The minimum Gasteiger partial charge on any atom is -0.388 e. The Balaban J connectivity index is 2.08. The van der Waals surface area contributed by atoms with Gasteiger partial charge in [-0.1, -0.05) is 19.1 Å². The molecule has 1 aromatic carbocycles. The molecule has 1 N–H and O–H groups in total. The number of benzene rings is 1. The summed E-state index contributed by atoms with van der Waals surface area (Å²) in [5, 5.41) is 9.78. The van der Waals surface area contributed by atoms with Crippen molar-refractivity contribution in [1.82, 2.24) is 0 Å². The van der Waals surface area contributed by atoms with Gasteiger partial charge in [0.15, 0.2) is 0 Å². The van der Waals surface area contributed by atoms with E-state index in [-0.39, 0.29) is 12.2 Å². The van der Waals surface area contributed by atoms with Gasteiger partial charge in [-0.3, -0.25) is 0 Å². The Morgan fingerprint density at radius 1 is 1.39 bits per heavy atom. The highest BCUT2D eigenvalue weighted by Gasteiger charge is 2.15. The monoisotopic (exact) mass is 249 g/mol. The van der Waals surface area contributed by atoms with Crippen molar-refractivity contribution < 1.29 is 9.84 Å². The van der Waals surface area contributed by atoms with Crippen molar-refractivity contribution in [3.8, 4) is 0 Å². The van der Waals surface area contributed by atoms with Crippen molar-refractivity contribution in [1.29, 1.82) is 0 Å². The summed E-state index contributed by atoms with van der Waals surface area (Å²) >= 11 is 0. The highest BCUT2D eigenvalue weighted by molar-refractivity contribution is 5.48. The zero-order chi connectivity index (χ0) is 13.0. The van der Waals surface area contributed by atoms with Crippen LogP contribution in [0.4, 0.5) is 5.69 Å². The van der Waals surface area contributed by atoms with Crippen molar-refractivity contribution in [2.45, 2.75) is 38.9 Å². The van der Waals surface area contributed by atoms with Crippen LogP contribution in [-0.2, 0) is 4.74 Å². The minimum absolute atomic E-state index is 0.286. The third-order valence-corrected chi connectivity index (χ3v) is 3.48. The van der Waals surface area contributed by atoms with E-state index in [0.29, 0.717) is 0 Å². The van der Waals surface area contributed by atoms with Crippen LogP contribution in [0.3, 0.4) is 0 Å². The van der Waals surface area contributed by atoms with E-state index < -0.39 is 0 Å². The lowest BCUT2D eigenvalue weighted by atomic mass is 10.1. The first kappa shape index (κ1) is 13.4. The fourth-order valence-corrected chi connectivity index (χ4v) is 2.37. The van der Waals surface area contributed by atoms with E-state index in [1.165, 1.54) is 5.69 Å². The molecule has 0 amide bonds. The lowest BCUT2D eigenvalue weighted by Crippen LogP contribution is -2.30. The zero-order valence-electron chi connectivity index (χ0n) is 11.3. The van der Waals surface area contributed by atoms with E-state index in [2.05, 4.69) is 24.0 Å². The summed E-state index contributed by atoms with van der Waals surface area (Å²) < 4.78 is 5.65. The number of rotatable bonds is 3. The molecule has 1 aliphatic rings. The lowest BCUT2D eigenvalue weighted by Gasteiger charge is -2.24. The second-order valence-corrected chi connectivity index (χ2v) is 5.00. The number of hydrogen-bond donors (Lipinski definition) is 1. The molecule has 0 aromatic heterocycles. The Bertz CT molecular complexity index is 363. The molecule has 1 unspecified atom stereocenters. The topological polar surface area (TPSA) is 32.7 Å². The van der Waals surface area contributed by atoms with Gasteiger partial charge in [0.05, 0.1) is 12.2 Å². The Morgan fingerprint density at radius 2 is 2.11 bits per heavy atom. The lowest BCUT2D eigenvalue weighted by molar-refractivity contribution is 0.0821. The summed E-state index contributed by atoms with van der Waals surface area (Å²) in [7, 11) is 0. The van der Waals surface area contributed by atoms with E-state index >= 15 is 0 Å². The summed E-state index contributed by atoms with van der Waals surface area (Å²) in [5.74, 6) is 0. The van der Waals surface area contributed by atoms with Gasteiger partial charge < -0.3 is 14.7 Å². The smallest absolute Gasteiger partial charge is 0.0787 e. The Labute approximate surface area is 109 Å². The predicted molar refractivity (Wildman–Crippen MR) is 73.9 cm³/mol. The molecule has 1 heterocycles. The van der Waals surface area contributed by atoms with E-state index in [0.717, 1.165) is 38.1 Å². The number of ether oxygens (including phenoxy) is 1. The molecule has 1 aliphatic heterocycles. The molecule has 0 spiro atoms. The van der Waals surface area contributed by atoms with Crippen LogP contribution < -0.4 is 4.90 Å². The maximum atomic E-state index is 9.78. The van der Waals surface area contributed by atoms with E-state index in [9.17, 15) is 5.11 Å². The first-order chi connectivity index (χ1) is 8.70. The van der Waals surface area contributed by atoms with Crippen LogP contribution in [0.2, 0.25) is 0 Å². The number of anilines is 1. The number of aliphatic hydroxyl groups excluding tert-OH is 1. The van der Waals surface area contributed by atoms with Crippen LogP contribution in [-0.4, -0.2) is 30.9 Å². The molecular weight excluding hydrogens is 226 g/mol. The highest BCUT2D eigenvalue weighted by Crippen LogP contribution is 2.22. The van der Waals surface area contributed by atoms with Gasteiger partial charge in [-0.25, -0.2) is 0 Å². The van der Waals surface area contributed by atoms with E-state index in [4.69, 9.17) is 4.74 Å². The van der Waals surface area contributed by atoms with Crippen LogP contribution in [0.15, 0.2) is 24.3 Å². The van der Waals surface area contributed by atoms with Gasteiger partial charge in [0.25, 0.3) is 0 Å². The second kappa shape index (κ2) is 6.21. The number of aliphatic hydroxyl groups is 1. The van der Waals surface area contributed by atoms with Crippen molar-refractivity contribution in [3.05, 3.63) is 29.8 Å². The molecule has 100 valence electrons. The highest BCUT2D eigenvalue weighted by atomic mass is 16.5. The number of nitrogens with zero attached hydrogens (tertiary/aromatic N) is 1. The van der Waals surface area contributed by atoms with Crippen LogP contribution in [0.5, 0.6) is 0 Å². The van der Waals surface area contributed by atoms with E-state index in [1.54, 1.807) is 0 Å². The van der Waals surface area contributed by atoms with Gasteiger partial charge in [-0.15, -0.1) is 0 Å². The SMILES string of the molecule is CC[C@@H](O)c1ccc(N2CCCOC(C)C2)cc1. The summed E-state index contributed by atoms with van der Waals surface area (Å²) in [6.45, 7) is 6.94. The quantitative estimate of drug-likeness (QED) is 0.894. The molecule has 1 saturated heterocycles. The van der Waals surface area contributed by atoms with Gasteiger partial charge >= 0.3 is 0 Å². The van der Waals surface area contributed by atoms with Crippen molar-refractivity contribution in [2.75, 3.05) is 24.6 Å². The fraction of sp³-hybridized carbons (Fsp3) is 0.600. The first-order valence-electron chi connectivity index (χ1n) is 6.85. The second-order valence-electron chi connectivity index (χ2n) is 5.00. The van der Waals surface area contributed by atoms with Gasteiger partial charge in [0.1, 0.15) is 0 Å². The Hall–Kier alpha value is -1.06. The Morgan fingerprint density at radius 3 is 2.78 bits per heavy atom. The van der Waals surface area contributed by atoms with Crippen molar-refractivity contribution in [2.24, 2.45) is 0 Å². The molecule has 3 heteroatoms. The van der Waals surface area contributed by atoms with Crippen LogP contribution in [0.1, 0.15) is 38.4 Å². The normalized spacial score (nSPS) is 22.6. The van der Waals surface area contributed by atoms with Crippen molar-refractivity contribution in [3.63, 3.8) is 0 Å². The summed E-state index contributed by atoms with van der Waals surface area (Å²) in [6.07, 6.45) is 1.77. The van der Waals surface area contributed by atoms with Gasteiger partial charge in [-0.05, 0) is 37.5 Å². The minimum atomic E-state index is -0.342. The third kappa shape index (κ3) is 3.24. The first-order valence-corrected chi connectivity index (χ1v) is 6.85. The van der Waals surface area contributed by atoms with Crippen LogP contribution in [0, 0.1) is 0 Å².